The van der Waals surface area contributed by atoms with Crippen molar-refractivity contribution in [3.05, 3.63) is 0 Å². The van der Waals surface area contributed by atoms with Crippen LogP contribution < -0.4 is 0 Å². The highest BCUT2D eigenvalue weighted by atomic mass is 28.2. The van der Waals surface area contributed by atoms with Crippen LogP contribution >= 0.6 is 0 Å². The summed E-state index contributed by atoms with van der Waals surface area (Å²) in [6.45, 7) is 0. The van der Waals surface area contributed by atoms with Crippen molar-refractivity contribution < 1.29 is 18.7 Å². The summed E-state index contributed by atoms with van der Waals surface area (Å²) < 4.78 is 14.9. The van der Waals surface area contributed by atoms with Crippen LogP contribution in [0, 0.1) is 0 Å². The molecule has 16 heavy (non-hydrogen) atoms. The van der Waals surface area contributed by atoms with Gasteiger partial charge in [-0.15, -0.1) is 0 Å². The maximum atomic E-state index is 10.8. The number of methoxy groups -OCH3 is 2. The van der Waals surface area contributed by atoms with E-state index >= 15 is 0 Å². The fourth-order valence-electron chi connectivity index (χ4n) is 1.54. The van der Waals surface area contributed by atoms with E-state index in [2.05, 4.69) is 0 Å². The Bertz CT molecular complexity index is 171. The van der Waals surface area contributed by atoms with Gasteiger partial charge in [-0.1, -0.05) is 19.3 Å². The predicted octanol–water partition coefficient (Wildman–Crippen LogP) is 1.16. The zero-order chi connectivity index (χ0) is 12.2. The van der Waals surface area contributed by atoms with Crippen molar-refractivity contribution in [3.63, 3.8) is 0 Å². The van der Waals surface area contributed by atoms with Gasteiger partial charge in [0.1, 0.15) is 0 Å². The molecule has 0 aromatic heterocycles. The highest BCUT2D eigenvalue weighted by Gasteiger charge is 2.04. The maximum absolute atomic E-state index is 10.8. The first kappa shape index (κ1) is 15.6. The molecular weight excluding hydrogens is 224 g/mol. The van der Waals surface area contributed by atoms with E-state index in [4.69, 9.17) is 13.9 Å². The van der Waals surface area contributed by atoms with E-state index in [0.717, 1.165) is 32.1 Å². The summed E-state index contributed by atoms with van der Waals surface area (Å²) >= 11 is 0. The van der Waals surface area contributed by atoms with Crippen LogP contribution in [0.25, 0.3) is 0 Å². The normalized spacial score (nSPS) is 10.9. The molecule has 0 aliphatic carbocycles. The lowest BCUT2D eigenvalue weighted by Crippen LogP contribution is -2.12. The first-order valence-electron chi connectivity index (χ1n) is 5.87. The van der Waals surface area contributed by atoms with Crippen LogP contribution in [0.5, 0.6) is 0 Å². The first-order valence-corrected chi connectivity index (χ1v) is 6.68. The molecular formula is C11H24O4Si. The predicted molar refractivity (Wildman–Crippen MR) is 66.2 cm³/mol. The molecule has 0 heterocycles. The molecule has 0 aliphatic heterocycles. The van der Waals surface area contributed by atoms with Crippen LogP contribution in [0.4, 0.5) is 0 Å². The third-order valence-corrected chi connectivity index (χ3v) is 3.03. The van der Waals surface area contributed by atoms with Gasteiger partial charge in [0, 0.05) is 20.6 Å². The second-order valence-corrected chi connectivity index (χ2v) is 4.19. The lowest BCUT2D eigenvalue weighted by Gasteiger charge is -2.12. The van der Waals surface area contributed by atoms with Crippen LogP contribution in [-0.4, -0.2) is 37.0 Å². The maximum Gasteiger partial charge on any atom is 0.291 e. The minimum Gasteiger partial charge on any atom is -0.529 e. The number of hydrogen-bond donors (Lipinski definition) is 0. The SMILES string of the molecule is COC(CCCCCCCC(=O)O[SiH3])OC. The molecule has 0 radical (unpaired) electrons. The molecule has 5 heteroatoms. The van der Waals surface area contributed by atoms with E-state index in [9.17, 15) is 4.79 Å². The largest absolute Gasteiger partial charge is 0.529 e. The zero-order valence-corrected chi connectivity index (χ0v) is 12.7. The lowest BCUT2D eigenvalue weighted by molar-refractivity contribution is -0.134. The van der Waals surface area contributed by atoms with Crippen molar-refractivity contribution in [2.24, 2.45) is 0 Å². The number of carbonyl (C=O) groups excluding carboxylic acids is 1. The van der Waals surface area contributed by atoms with Crippen LogP contribution in [0.1, 0.15) is 44.9 Å². The Morgan fingerprint density at radius 2 is 1.62 bits per heavy atom. The molecule has 0 saturated carbocycles. The second-order valence-electron chi connectivity index (χ2n) is 3.78. The molecule has 0 aromatic rings. The number of unbranched alkanes of at least 4 members (excludes halogenated alkanes) is 4. The quantitative estimate of drug-likeness (QED) is 0.331. The molecule has 0 aliphatic rings. The van der Waals surface area contributed by atoms with E-state index in [1.807, 2.05) is 0 Å². The van der Waals surface area contributed by atoms with E-state index in [1.54, 1.807) is 14.2 Å². The standard InChI is InChI=1S/C11H24O4Si/c1-13-11(14-2)9-7-5-3-4-6-8-10(12)15-16/h11H,3-9H2,1-2,16H3. The van der Waals surface area contributed by atoms with Crippen molar-refractivity contribution >= 4 is 16.5 Å². The number of carbonyl (C=O) groups is 1. The van der Waals surface area contributed by atoms with Crippen molar-refractivity contribution in [2.45, 2.75) is 51.2 Å². The molecule has 0 saturated heterocycles. The lowest BCUT2D eigenvalue weighted by atomic mass is 10.1. The summed E-state index contributed by atoms with van der Waals surface area (Å²) in [4.78, 5) is 10.8. The van der Waals surface area contributed by atoms with Crippen molar-refractivity contribution in [2.75, 3.05) is 14.2 Å². The van der Waals surface area contributed by atoms with E-state index in [0.29, 0.717) is 16.9 Å². The minimum atomic E-state index is -0.0694. The summed E-state index contributed by atoms with van der Waals surface area (Å²) in [6.07, 6.45) is 6.92. The molecule has 4 nitrogen and oxygen atoms in total. The Morgan fingerprint density at radius 3 is 2.19 bits per heavy atom. The minimum absolute atomic E-state index is 0.0505. The van der Waals surface area contributed by atoms with Gasteiger partial charge in [0.15, 0.2) is 6.29 Å². The van der Waals surface area contributed by atoms with Gasteiger partial charge in [0.25, 0.3) is 5.97 Å². The van der Waals surface area contributed by atoms with Gasteiger partial charge < -0.3 is 13.9 Å². The van der Waals surface area contributed by atoms with E-state index in [1.165, 1.54) is 6.42 Å². The Balaban J connectivity index is 3.18. The average Bonchev–Trinajstić information content (AvgIpc) is 2.32. The van der Waals surface area contributed by atoms with Crippen molar-refractivity contribution in [1.29, 1.82) is 0 Å². The van der Waals surface area contributed by atoms with Gasteiger partial charge in [-0.25, -0.2) is 0 Å². The molecule has 0 spiro atoms. The van der Waals surface area contributed by atoms with Gasteiger partial charge >= 0.3 is 0 Å². The van der Waals surface area contributed by atoms with E-state index < -0.39 is 0 Å². The molecule has 0 bridgehead atoms. The number of ether oxygens (including phenoxy) is 2. The first-order chi connectivity index (χ1) is 7.74. The molecule has 0 aromatic carbocycles. The summed E-state index contributed by atoms with van der Waals surface area (Å²) in [7, 11) is 3.84. The summed E-state index contributed by atoms with van der Waals surface area (Å²) in [5.74, 6) is -0.0505. The van der Waals surface area contributed by atoms with Gasteiger partial charge in [-0.2, -0.15) is 0 Å². The van der Waals surface area contributed by atoms with E-state index in [-0.39, 0.29) is 12.3 Å². The molecule has 0 fully saturated rings. The topological polar surface area (TPSA) is 44.8 Å². The third kappa shape index (κ3) is 8.88. The Kier molecular flexibility index (Phi) is 10.8. The molecule has 0 N–H and O–H groups in total. The van der Waals surface area contributed by atoms with Crippen LogP contribution in [-0.2, 0) is 18.7 Å². The van der Waals surface area contributed by atoms with Crippen LogP contribution in [0.3, 0.4) is 0 Å². The summed E-state index contributed by atoms with van der Waals surface area (Å²) in [5.41, 5.74) is 0. The van der Waals surface area contributed by atoms with Crippen LogP contribution in [0.15, 0.2) is 0 Å². The Hall–Kier alpha value is -0.393. The van der Waals surface area contributed by atoms with Crippen LogP contribution in [0.2, 0.25) is 0 Å². The van der Waals surface area contributed by atoms with Gasteiger partial charge in [-0.3, -0.25) is 4.79 Å². The molecule has 0 atom stereocenters. The van der Waals surface area contributed by atoms with Gasteiger partial charge in [0.05, 0.1) is 0 Å². The smallest absolute Gasteiger partial charge is 0.291 e. The highest BCUT2D eigenvalue weighted by Crippen LogP contribution is 2.10. The molecule has 0 amide bonds. The fraction of sp³-hybridized carbons (Fsp3) is 0.909. The van der Waals surface area contributed by atoms with Crippen molar-refractivity contribution in [3.8, 4) is 0 Å². The molecule has 96 valence electrons. The Morgan fingerprint density at radius 1 is 1.06 bits per heavy atom. The summed E-state index contributed by atoms with van der Waals surface area (Å²) in [5, 5.41) is 0. The Labute approximate surface area is 101 Å². The van der Waals surface area contributed by atoms with Gasteiger partial charge in [0.2, 0.25) is 10.5 Å². The van der Waals surface area contributed by atoms with Gasteiger partial charge in [-0.05, 0) is 19.3 Å². The number of hydrogen-bond acceptors (Lipinski definition) is 4. The fourth-order valence-corrected chi connectivity index (χ4v) is 1.75. The third-order valence-electron chi connectivity index (χ3n) is 2.57. The molecule has 0 unspecified atom stereocenters. The zero-order valence-electron chi connectivity index (χ0n) is 10.7. The monoisotopic (exact) mass is 248 g/mol. The van der Waals surface area contributed by atoms with Crippen molar-refractivity contribution in [1.82, 2.24) is 0 Å². The average molecular weight is 248 g/mol. The highest BCUT2D eigenvalue weighted by molar-refractivity contribution is 6.05. The second kappa shape index (κ2) is 11.1. The molecule has 0 rings (SSSR count). The number of rotatable bonds is 10. The summed E-state index contributed by atoms with van der Waals surface area (Å²) in [6, 6.07) is 0.